The van der Waals surface area contributed by atoms with Crippen molar-refractivity contribution in [1.82, 2.24) is 10.2 Å². The molecule has 8 nitrogen and oxygen atoms in total. The number of esters is 1. The Labute approximate surface area is 195 Å². The molecule has 1 N–H and O–H groups in total. The lowest BCUT2D eigenvalue weighted by molar-refractivity contribution is -0.141. The van der Waals surface area contributed by atoms with Gasteiger partial charge >= 0.3 is 5.97 Å². The van der Waals surface area contributed by atoms with E-state index in [0.717, 1.165) is 10.9 Å². The fourth-order valence-electron chi connectivity index (χ4n) is 4.32. The van der Waals surface area contributed by atoms with Gasteiger partial charge in [0, 0.05) is 23.2 Å². The Balaban J connectivity index is 1.66. The summed E-state index contributed by atoms with van der Waals surface area (Å²) >= 11 is 0. The molecule has 3 aromatic carbocycles. The van der Waals surface area contributed by atoms with Crippen LogP contribution >= 0.6 is 0 Å². The molecule has 0 radical (unpaired) electrons. The minimum atomic E-state index is -1.08. The molecular weight excluding hydrogens is 432 g/mol. The summed E-state index contributed by atoms with van der Waals surface area (Å²) in [6.45, 7) is -0.303. The molecule has 1 aliphatic rings. The van der Waals surface area contributed by atoms with E-state index in [2.05, 4.69) is 10.2 Å². The predicted molar refractivity (Wildman–Crippen MR) is 128 cm³/mol. The molecule has 2 heterocycles. The molecule has 8 heteroatoms. The molecule has 0 bridgehead atoms. The second kappa shape index (κ2) is 8.82. The number of nitrogens with zero attached hydrogens (tertiary/aromatic N) is 3. The van der Waals surface area contributed by atoms with Gasteiger partial charge in [0.15, 0.2) is 0 Å². The van der Waals surface area contributed by atoms with E-state index in [4.69, 9.17) is 4.74 Å². The predicted octanol–water partition coefficient (Wildman–Crippen LogP) is 3.61. The molecule has 0 fully saturated rings. The average molecular weight is 454 g/mol. The van der Waals surface area contributed by atoms with E-state index in [1.807, 2.05) is 54.6 Å². The van der Waals surface area contributed by atoms with E-state index in [1.54, 1.807) is 29.2 Å². The van der Waals surface area contributed by atoms with Crippen molar-refractivity contribution in [1.29, 1.82) is 0 Å². The van der Waals surface area contributed by atoms with Crippen LogP contribution < -0.4 is 9.80 Å². The number of benzene rings is 3. The van der Waals surface area contributed by atoms with E-state index in [0.29, 0.717) is 22.8 Å². The van der Waals surface area contributed by atoms with Crippen LogP contribution in [-0.4, -0.2) is 41.6 Å². The number of hydrogen-bond acceptors (Lipinski definition) is 5. The number of aromatic amines is 1. The molecule has 5 rings (SSSR count). The zero-order valence-corrected chi connectivity index (χ0v) is 18.5. The van der Waals surface area contributed by atoms with Crippen molar-refractivity contribution in [3.63, 3.8) is 0 Å². The standard InChI is InChI=1S/C26H22N4O4/c1-34-24(31)16-29-22-13-7-8-14-23(22)30(17-9-3-2-4-10-17)26(33)19(25(29)32)15-21-18-11-5-6-12-20(18)27-28-21/h2-14,19H,15-16H2,1H3,(H,27,28). The lowest BCUT2D eigenvalue weighted by Gasteiger charge is -2.25. The second-order valence-electron chi connectivity index (χ2n) is 7.97. The fourth-order valence-corrected chi connectivity index (χ4v) is 4.32. The summed E-state index contributed by atoms with van der Waals surface area (Å²) in [5.74, 6) is -2.51. The number of carbonyl (C=O) groups is 3. The molecule has 1 aromatic heterocycles. The maximum atomic E-state index is 14.0. The van der Waals surface area contributed by atoms with E-state index in [9.17, 15) is 14.4 Å². The molecule has 1 atom stereocenters. The van der Waals surface area contributed by atoms with Crippen LogP contribution in [0.2, 0.25) is 0 Å². The molecule has 2 amide bonds. The van der Waals surface area contributed by atoms with Crippen LogP contribution in [0.3, 0.4) is 0 Å². The number of nitrogens with one attached hydrogen (secondary N) is 1. The molecule has 0 saturated heterocycles. The van der Waals surface area contributed by atoms with Gasteiger partial charge in [0.05, 0.1) is 24.0 Å². The lowest BCUT2D eigenvalue weighted by atomic mass is 9.98. The third-order valence-corrected chi connectivity index (χ3v) is 5.97. The van der Waals surface area contributed by atoms with Crippen LogP contribution in [0, 0.1) is 5.92 Å². The molecule has 170 valence electrons. The van der Waals surface area contributed by atoms with Crippen molar-refractivity contribution in [3.05, 3.63) is 84.6 Å². The van der Waals surface area contributed by atoms with Crippen molar-refractivity contribution in [3.8, 4) is 0 Å². The van der Waals surface area contributed by atoms with Crippen molar-refractivity contribution >= 4 is 45.7 Å². The maximum Gasteiger partial charge on any atom is 0.325 e. The Morgan fingerprint density at radius 1 is 0.912 bits per heavy atom. The maximum absolute atomic E-state index is 14.0. The zero-order chi connectivity index (χ0) is 23.7. The number of fused-ring (bicyclic) bond motifs is 2. The van der Waals surface area contributed by atoms with Crippen LogP contribution in [0.5, 0.6) is 0 Å². The Kier molecular flexibility index (Phi) is 5.55. The summed E-state index contributed by atoms with van der Waals surface area (Å²) in [6, 6.07) is 23.8. The van der Waals surface area contributed by atoms with Crippen LogP contribution in [0.15, 0.2) is 78.9 Å². The fraction of sp³-hybridized carbons (Fsp3) is 0.154. The highest BCUT2D eigenvalue weighted by atomic mass is 16.5. The molecule has 1 aliphatic heterocycles. The topological polar surface area (TPSA) is 95.6 Å². The smallest absolute Gasteiger partial charge is 0.325 e. The van der Waals surface area contributed by atoms with E-state index < -0.39 is 17.8 Å². The summed E-state index contributed by atoms with van der Waals surface area (Å²) in [5.41, 5.74) is 3.05. The number of para-hydroxylation sites is 4. The molecule has 0 aliphatic carbocycles. The Bertz CT molecular complexity index is 1380. The van der Waals surface area contributed by atoms with Gasteiger partial charge in [-0.1, -0.05) is 48.5 Å². The van der Waals surface area contributed by atoms with Gasteiger partial charge in [-0.15, -0.1) is 0 Å². The summed E-state index contributed by atoms with van der Waals surface area (Å²) in [4.78, 5) is 43.0. The van der Waals surface area contributed by atoms with Crippen molar-refractivity contribution in [2.75, 3.05) is 23.5 Å². The van der Waals surface area contributed by atoms with Crippen LogP contribution in [-0.2, 0) is 25.5 Å². The number of hydrogen-bond donors (Lipinski definition) is 1. The molecule has 34 heavy (non-hydrogen) atoms. The minimum absolute atomic E-state index is 0.104. The first-order valence-corrected chi connectivity index (χ1v) is 10.9. The lowest BCUT2D eigenvalue weighted by Crippen LogP contribution is -2.44. The molecular formula is C26H22N4O4. The van der Waals surface area contributed by atoms with E-state index in [-0.39, 0.29) is 18.9 Å². The van der Waals surface area contributed by atoms with Gasteiger partial charge < -0.3 is 4.74 Å². The number of H-pyrrole nitrogens is 1. The first-order valence-electron chi connectivity index (χ1n) is 10.9. The van der Waals surface area contributed by atoms with Gasteiger partial charge in [0.25, 0.3) is 0 Å². The van der Waals surface area contributed by atoms with Gasteiger partial charge in [0.1, 0.15) is 12.5 Å². The third-order valence-electron chi connectivity index (χ3n) is 5.97. The number of aromatic nitrogens is 2. The van der Waals surface area contributed by atoms with Gasteiger partial charge in [-0.2, -0.15) is 5.10 Å². The highest BCUT2D eigenvalue weighted by Gasteiger charge is 2.42. The summed E-state index contributed by atoms with van der Waals surface area (Å²) in [6.07, 6.45) is 0.104. The highest BCUT2D eigenvalue weighted by molar-refractivity contribution is 6.21. The van der Waals surface area contributed by atoms with E-state index in [1.165, 1.54) is 12.0 Å². The molecule has 0 spiro atoms. The minimum Gasteiger partial charge on any atom is -0.468 e. The zero-order valence-electron chi connectivity index (χ0n) is 18.5. The average Bonchev–Trinajstić information content (AvgIpc) is 3.26. The summed E-state index contributed by atoms with van der Waals surface area (Å²) in [5, 5.41) is 8.13. The van der Waals surface area contributed by atoms with Gasteiger partial charge in [-0.05, 0) is 30.3 Å². The number of ether oxygens (including phenoxy) is 1. The largest absolute Gasteiger partial charge is 0.468 e. The number of amides is 2. The SMILES string of the molecule is COC(=O)CN1C(=O)C(Cc2[nH]nc3ccccc23)C(=O)N(c2ccccc2)c2ccccc21. The van der Waals surface area contributed by atoms with Crippen molar-refractivity contribution in [2.45, 2.75) is 6.42 Å². The summed E-state index contributed by atoms with van der Waals surface area (Å²) < 4.78 is 4.85. The monoisotopic (exact) mass is 454 g/mol. The number of methoxy groups -OCH3 is 1. The third kappa shape index (κ3) is 3.69. The normalized spacial score (nSPS) is 15.9. The van der Waals surface area contributed by atoms with Crippen LogP contribution in [0.4, 0.5) is 17.1 Å². The first kappa shape index (κ1) is 21.4. The Hall–Kier alpha value is -4.46. The second-order valence-corrected chi connectivity index (χ2v) is 7.97. The Morgan fingerprint density at radius 2 is 1.59 bits per heavy atom. The van der Waals surface area contributed by atoms with Gasteiger partial charge in [-0.3, -0.25) is 29.3 Å². The molecule has 0 saturated carbocycles. The summed E-state index contributed by atoms with van der Waals surface area (Å²) in [7, 11) is 1.27. The van der Waals surface area contributed by atoms with E-state index >= 15 is 0 Å². The van der Waals surface area contributed by atoms with Crippen LogP contribution in [0.25, 0.3) is 10.9 Å². The van der Waals surface area contributed by atoms with Gasteiger partial charge in [-0.25, -0.2) is 0 Å². The molecule has 4 aromatic rings. The molecule has 1 unspecified atom stereocenters. The number of rotatable bonds is 5. The van der Waals surface area contributed by atoms with Gasteiger partial charge in [0.2, 0.25) is 11.8 Å². The van der Waals surface area contributed by atoms with Crippen molar-refractivity contribution < 1.29 is 19.1 Å². The number of carbonyl (C=O) groups excluding carboxylic acids is 3. The first-order chi connectivity index (χ1) is 16.6. The highest BCUT2D eigenvalue weighted by Crippen LogP contribution is 2.40. The van der Waals surface area contributed by atoms with Crippen LogP contribution in [0.1, 0.15) is 5.69 Å². The number of anilines is 3. The Morgan fingerprint density at radius 3 is 2.35 bits per heavy atom. The van der Waals surface area contributed by atoms with Crippen molar-refractivity contribution in [2.24, 2.45) is 5.92 Å². The quantitative estimate of drug-likeness (QED) is 0.367.